The van der Waals surface area contributed by atoms with Crippen LogP contribution in [0.15, 0.2) is 28.7 Å². The average molecular weight is 315 g/mol. The van der Waals surface area contributed by atoms with Gasteiger partial charge < -0.3 is 15.4 Å². The van der Waals surface area contributed by atoms with E-state index in [0.29, 0.717) is 5.56 Å². The number of methoxy groups -OCH3 is 1. The van der Waals surface area contributed by atoms with Crippen LogP contribution in [0, 0.1) is 0 Å². The fourth-order valence-corrected chi connectivity index (χ4v) is 2.04. The molecule has 0 aliphatic rings. The van der Waals surface area contributed by atoms with Gasteiger partial charge in [0.15, 0.2) is 0 Å². The van der Waals surface area contributed by atoms with Gasteiger partial charge in [-0.25, -0.2) is 0 Å². The van der Waals surface area contributed by atoms with Crippen LogP contribution in [-0.4, -0.2) is 37.5 Å². The van der Waals surface area contributed by atoms with Crippen molar-refractivity contribution in [1.29, 1.82) is 0 Å². The molecule has 1 aromatic carbocycles. The predicted molar refractivity (Wildman–Crippen MR) is 70.7 cm³/mol. The molecule has 5 nitrogen and oxygen atoms in total. The smallest absolute Gasteiger partial charge is 0.249 e. The lowest BCUT2D eigenvalue weighted by molar-refractivity contribution is -0.141. The van der Waals surface area contributed by atoms with Crippen LogP contribution in [0.2, 0.25) is 0 Å². The largest absolute Gasteiger partial charge is 0.375 e. The lowest BCUT2D eigenvalue weighted by Crippen LogP contribution is -2.40. The maximum atomic E-state index is 11.7. The summed E-state index contributed by atoms with van der Waals surface area (Å²) in [4.78, 5) is 24.5. The lowest BCUT2D eigenvalue weighted by Gasteiger charge is -2.26. The van der Waals surface area contributed by atoms with Crippen molar-refractivity contribution in [1.82, 2.24) is 4.90 Å². The normalized spacial score (nSPS) is 11.9. The summed E-state index contributed by atoms with van der Waals surface area (Å²) in [5.74, 6) is -0.888. The van der Waals surface area contributed by atoms with Gasteiger partial charge in [-0.1, -0.05) is 28.1 Å². The van der Waals surface area contributed by atoms with Crippen molar-refractivity contribution in [3.63, 3.8) is 0 Å². The van der Waals surface area contributed by atoms with Crippen molar-refractivity contribution in [2.75, 3.05) is 20.8 Å². The Morgan fingerprint density at radius 2 is 2.17 bits per heavy atom. The molecule has 2 amide bonds. The third-order valence-electron chi connectivity index (χ3n) is 2.48. The van der Waals surface area contributed by atoms with Gasteiger partial charge in [-0.05, 0) is 17.7 Å². The summed E-state index contributed by atoms with van der Waals surface area (Å²) in [6.45, 7) is -0.0890. The van der Waals surface area contributed by atoms with E-state index < -0.39 is 11.9 Å². The van der Waals surface area contributed by atoms with Crippen LogP contribution in [0.25, 0.3) is 0 Å². The summed E-state index contributed by atoms with van der Waals surface area (Å²) in [7, 11) is 2.95. The minimum Gasteiger partial charge on any atom is -0.375 e. The predicted octanol–water partition coefficient (Wildman–Crippen LogP) is 1.08. The Kier molecular flexibility index (Phi) is 5.30. The molecule has 1 atom stereocenters. The van der Waals surface area contributed by atoms with Gasteiger partial charge in [-0.15, -0.1) is 0 Å². The van der Waals surface area contributed by atoms with E-state index in [4.69, 9.17) is 10.5 Å². The highest BCUT2D eigenvalue weighted by molar-refractivity contribution is 9.10. The molecule has 98 valence electrons. The number of likely N-dealkylation sites (N-methyl/N-ethyl adjacent to an activating group) is 1. The first kappa shape index (κ1) is 14.7. The molecule has 0 spiro atoms. The molecule has 0 fully saturated rings. The molecule has 0 aliphatic carbocycles. The van der Waals surface area contributed by atoms with E-state index in [0.717, 1.165) is 4.47 Å². The van der Waals surface area contributed by atoms with E-state index in [-0.39, 0.29) is 12.5 Å². The molecule has 0 radical (unpaired) electrons. The van der Waals surface area contributed by atoms with Gasteiger partial charge in [-0.3, -0.25) is 9.59 Å². The molecule has 0 aromatic heterocycles. The van der Waals surface area contributed by atoms with Crippen molar-refractivity contribution >= 4 is 27.7 Å². The van der Waals surface area contributed by atoms with E-state index in [1.54, 1.807) is 18.2 Å². The highest BCUT2D eigenvalue weighted by Gasteiger charge is 2.26. The number of nitrogens with two attached hydrogens (primary N) is 1. The molecule has 2 N–H and O–H groups in total. The molecule has 0 saturated heterocycles. The van der Waals surface area contributed by atoms with Gasteiger partial charge in [0.1, 0.15) is 12.6 Å². The summed E-state index contributed by atoms with van der Waals surface area (Å²) < 4.78 is 5.58. The Labute approximate surface area is 114 Å². The van der Waals surface area contributed by atoms with Crippen LogP contribution in [-0.2, 0) is 14.3 Å². The number of primary amides is 1. The zero-order valence-corrected chi connectivity index (χ0v) is 11.8. The summed E-state index contributed by atoms with van der Waals surface area (Å²) in [6.07, 6.45) is 0. The fourth-order valence-electron chi connectivity index (χ4n) is 1.62. The van der Waals surface area contributed by atoms with Gasteiger partial charge in [0.25, 0.3) is 0 Å². The van der Waals surface area contributed by atoms with Crippen LogP contribution in [0.4, 0.5) is 0 Å². The number of ether oxygens (including phenoxy) is 1. The maximum Gasteiger partial charge on any atom is 0.249 e. The second-order valence-electron chi connectivity index (χ2n) is 3.80. The standard InChI is InChI=1S/C12H15BrN2O3/c1-15(10(16)7-18-2)11(12(14)17)8-4-3-5-9(13)6-8/h3-6,11H,7H2,1-2H3,(H2,14,17)/t11-/m0/s1. The van der Waals surface area contributed by atoms with E-state index in [1.165, 1.54) is 19.1 Å². The number of hydrogen-bond donors (Lipinski definition) is 1. The van der Waals surface area contributed by atoms with Crippen LogP contribution in [0.5, 0.6) is 0 Å². The Hall–Kier alpha value is -1.40. The molecule has 0 unspecified atom stereocenters. The van der Waals surface area contributed by atoms with Crippen LogP contribution >= 0.6 is 15.9 Å². The van der Waals surface area contributed by atoms with E-state index in [2.05, 4.69) is 15.9 Å². The third kappa shape index (κ3) is 3.54. The van der Waals surface area contributed by atoms with Crippen molar-refractivity contribution in [2.24, 2.45) is 5.73 Å². The van der Waals surface area contributed by atoms with Crippen LogP contribution < -0.4 is 5.73 Å². The van der Waals surface area contributed by atoms with E-state index in [9.17, 15) is 9.59 Å². The van der Waals surface area contributed by atoms with Crippen molar-refractivity contribution in [2.45, 2.75) is 6.04 Å². The second kappa shape index (κ2) is 6.51. The summed E-state index contributed by atoms with van der Waals surface area (Å²) in [6, 6.07) is 6.32. The van der Waals surface area contributed by atoms with Gasteiger partial charge in [0.05, 0.1) is 0 Å². The fraction of sp³-hybridized carbons (Fsp3) is 0.333. The molecule has 18 heavy (non-hydrogen) atoms. The van der Waals surface area contributed by atoms with E-state index in [1.807, 2.05) is 6.07 Å². The first-order valence-electron chi connectivity index (χ1n) is 5.26. The highest BCUT2D eigenvalue weighted by atomic mass is 79.9. The van der Waals surface area contributed by atoms with Crippen LogP contribution in [0.3, 0.4) is 0 Å². The topological polar surface area (TPSA) is 72.6 Å². The van der Waals surface area contributed by atoms with Crippen molar-refractivity contribution < 1.29 is 14.3 Å². The van der Waals surface area contributed by atoms with Gasteiger partial charge in [0.2, 0.25) is 11.8 Å². The minimum absolute atomic E-state index is 0.0890. The first-order chi connectivity index (χ1) is 8.47. The van der Waals surface area contributed by atoms with Crippen molar-refractivity contribution in [3.8, 4) is 0 Å². The van der Waals surface area contributed by atoms with Crippen molar-refractivity contribution in [3.05, 3.63) is 34.3 Å². The Morgan fingerprint density at radius 3 is 2.67 bits per heavy atom. The first-order valence-corrected chi connectivity index (χ1v) is 6.06. The molecule has 6 heteroatoms. The number of nitrogens with zero attached hydrogens (tertiary/aromatic N) is 1. The number of amides is 2. The molecule has 0 heterocycles. The quantitative estimate of drug-likeness (QED) is 0.884. The molecule has 0 aliphatic heterocycles. The molecule has 0 saturated carbocycles. The third-order valence-corrected chi connectivity index (χ3v) is 2.98. The average Bonchev–Trinajstić information content (AvgIpc) is 2.29. The zero-order valence-electron chi connectivity index (χ0n) is 10.2. The minimum atomic E-state index is -0.801. The number of hydrogen-bond acceptors (Lipinski definition) is 3. The monoisotopic (exact) mass is 314 g/mol. The summed E-state index contributed by atoms with van der Waals surface area (Å²) in [5.41, 5.74) is 6.02. The zero-order chi connectivity index (χ0) is 13.7. The summed E-state index contributed by atoms with van der Waals surface area (Å²) >= 11 is 3.32. The maximum absolute atomic E-state index is 11.7. The number of carbonyl (C=O) groups excluding carboxylic acids is 2. The number of rotatable bonds is 5. The molecule has 1 aromatic rings. The van der Waals surface area contributed by atoms with Gasteiger partial charge in [-0.2, -0.15) is 0 Å². The van der Waals surface area contributed by atoms with Gasteiger partial charge in [0, 0.05) is 18.6 Å². The van der Waals surface area contributed by atoms with Gasteiger partial charge >= 0.3 is 0 Å². The summed E-state index contributed by atoms with van der Waals surface area (Å²) in [5, 5.41) is 0. The van der Waals surface area contributed by atoms with Crippen LogP contribution in [0.1, 0.15) is 11.6 Å². The molecule has 1 rings (SSSR count). The lowest BCUT2D eigenvalue weighted by atomic mass is 10.1. The molecule has 0 bridgehead atoms. The SMILES string of the molecule is COCC(=O)N(C)[C@H](C(N)=O)c1cccc(Br)c1. The second-order valence-corrected chi connectivity index (χ2v) is 4.71. The number of carbonyl (C=O) groups is 2. The Morgan fingerprint density at radius 1 is 1.50 bits per heavy atom. The van der Waals surface area contributed by atoms with E-state index >= 15 is 0 Å². The Bertz CT molecular complexity index is 451. The molecular formula is C12H15BrN2O3. The molecular weight excluding hydrogens is 300 g/mol. The Balaban J connectivity index is 3.03. The number of halogens is 1. The number of benzene rings is 1. The highest BCUT2D eigenvalue weighted by Crippen LogP contribution is 2.22.